The van der Waals surface area contributed by atoms with Crippen molar-refractivity contribution in [1.82, 2.24) is 4.98 Å². The van der Waals surface area contributed by atoms with E-state index in [0.717, 1.165) is 11.6 Å². The predicted molar refractivity (Wildman–Crippen MR) is 87.9 cm³/mol. The van der Waals surface area contributed by atoms with E-state index in [4.69, 9.17) is 5.73 Å². The zero-order valence-corrected chi connectivity index (χ0v) is 11.7. The first-order chi connectivity index (χ1) is 10.3. The minimum absolute atomic E-state index is 0.660. The fraction of sp³-hybridized carbons (Fsp3) is 0.167. The van der Waals surface area contributed by atoms with Crippen LogP contribution in [0, 0.1) is 0 Å². The zero-order valence-electron chi connectivity index (χ0n) is 11.7. The molecule has 0 atom stereocenters. The first-order valence-electron chi connectivity index (χ1n) is 7.32. The summed E-state index contributed by atoms with van der Waals surface area (Å²) in [5.74, 6) is 1.45. The van der Waals surface area contributed by atoms with Gasteiger partial charge in [-0.3, -0.25) is 0 Å². The largest absolute Gasteiger partial charge is 0.396 e. The molecule has 0 aliphatic heterocycles. The van der Waals surface area contributed by atoms with Crippen molar-refractivity contribution in [2.75, 3.05) is 11.1 Å². The average Bonchev–Trinajstić information content (AvgIpc) is 3.34. The molecule has 0 radical (unpaired) electrons. The highest BCUT2D eigenvalue weighted by atomic mass is 15.0. The minimum atomic E-state index is 0.660. The molecule has 3 heteroatoms. The van der Waals surface area contributed by atoms with Gasteiger partial charge in [-0.1, -0.05) is 30.3 Å². The van der Waals surface area contributed by atoms with Crippen LogP contribution in [0.1, 0.15) is 24.3 Å². The molecule has 3 nitrogen and oxygen atoms in total. The first kappa shape index (κ1) is 12.2. The van der Waals surface area contributed by atoms with Crippen LogP contribution in [-0.4, -0.2) is 4.98 Å². The van der Waals surface area contributed by atoms with Crippen molar-refractivity contribution in [2.45, 2.75) is 18.8 Å². The molecular weight excluding hydrogens is 258 g/mol. The van der Waals surface area contributed by atoms with Gasteiger partial charge < -0.3 is 11.1 Å². The molecule has 0 saturated heterocycles. The molecule has 3 aromatic rings. The molecule has 21 heavy (non-hydrogen) atoms. The Hall–Kier alpha value is -2.55. The Morgan fingerprint density at radius 3 is 2.52 bits per heavy atom. The number of nitrogen functional groups attached to an aromatic ring is 1. The van der Waals surface area contributed by atoms with Crippen LogP contribution in [0.4, 0.5) is 17.2 Å². The van der Waals surface area contributed by atoms with E-state index in [1.54, 1.807) is 6.20 Å². The zero-order chi connectivity index (χ0) is 14.2. The monoisotopic (exact) mass is 275 g/mol. The Balaban J connectivity index is 1.83. The summed E-state index contributed by atoms with van der Waals surface area (Å²) in [5, 5.41) is 5.93. The van der Waals surface area contributed by atoms with E-state index in [0.29, 0.717) is 11.5 Å². The lowest BCUT2D eigenvalue weighted by Crippen LogP contribution is -1.99. The van der Waals surface area contributed by atoms with Gasteiger partial charge >= 0.3 is 0 Å². The molecule has 104 valence electrons. The molecule has 1 saturated carbocycles. The molecule has 3 N–H and O–H groups in total. The molecule has 2 aromatic carbocycles. The van der Waals surface area contributed by atoms with Gasteiger partial charge in [0.2, 0.25) is 0 Å². The number of pyridine rings is 1. The number of benzene rings is 2. The number of rotatable bonds is 3. The second kappa shape index (κ2) is 4.77. The average molecular weight is 275 g/mol. The van der Waals surface area contributed by atoms with Gasteiger partial charge in [-0.15, -0.1) is 0 Å². The quantitative estimate of drug-likeness (QED) is 0.743. The summed E-state index contributed by atoms with van der Waals surface area (Å²) in [6.45, 7) is 0. The van der Waals surface area contributed by atoms with Gasteiger partial charge in [-0.25, -0.2) is 4.98 Å². The third-order valence-electron chi connectivity index (χ3n) is 4.07. The summed E-state index contributed by atoms with van der Waals surface area (Å²) in [4.78, 5) is 4.31. The van der Waals surface area contributed by atoms with Gasteiger partial charge in [0.15, 0.2) is 5.82 Å². The van der Waals surface area contributed by atoms with E-state index in [1.807, 2.05) is 12.1 Å². The number of nitrogens with two attached hydrogens (primary N) is 1. The fourth-order valence-electron chi connectivity index (χ4n) is 2.83. The SMILES string of the molecule is Nc1cccnc1Nc1ccc(C2CC2)c2ccccc12. The topological polar surface area (TPSA) is 50.9 Å². The van der Waals surface area contributed by atoms with Crippen molar-refractivity contribution in [1.29, 1.82) is 0 Å². The second-order valence-electron chi connectivity index (χ2n) is 5.59. The smallest absolute Gasteiger partial charge is 0.153 e. The third kappa shape index (κ3) is 2.21. The molecule has 0 spiro atoms. The summed E-state index contributed by atoms with van der Waals surface area (Å²) in [6, 6.07) is 16.6. The maximum atomic E-state index is 5.98. The van der Waals surface area contributed by atoms with Crippen molar-refractivity contribution in [3.05, 3.63) is 60.3 Å². The van der Waals surface area contributed by atoms with Crippen LogP contribution >= 0.6 is 0 Å². The number of hydrogen-bond donors (Lipinski definition) is 2. The van der Waals surface area contributed by atoms with Crippen molar-refractivity contribution in [3.63, 3.8) is 0 Å². The number of nitrogens with one attached hydrogen (secondary N) is 1. The van der Waals surface area contributed by atoms with Gasteiger partial charge in [0, 0.05) is 17.3 Å². The lowest BCUT2D eigenvalue weighted by Gasteiger charge is -2.13. The summed E-state index contributed by atoms with van der Waals surface area (Å²) in [7, 11) is 0. The minimum Gasteiger partial charge on any atom is -0.396 e. The molecule has 1 aliphatic carbocycles. The molecule has 0 unspecified atom stereocenters. The molecule has 1 aromatic heterocycles. The van der Waals surface area contributed by atoms with E-state index in [2.05, 4.69) is 46.7 Å². The predicted octanol–water partition coefficient (Wildman–Crippen LogP) is 4.44. The van der Waals surface area contributed by atoms with E-state index in [9.17, 15) is 0 Å². The van der Waals surface area contributed by atoms with Gasteiger partial charge in [-0.2, -0.15) is 0 Å². The molecule has 0 amide bonds. The lowest BCUT2D eigenvalue weighted by molar-refractivity contribution is 1.15. The highest BCUT2D eigenvalue weighted by molar-refractivity contribution is 5.98. The molecule has 1 aliphatic rings. The second-order valence-corrected chi connectivity index (χ2v) is 5.59. The fourth-order valence-corrected chi connectivity index (χ4v) is 2.83. The van der Waals surface area contributed by atoms with Crippen molar-refractivity contribution < 1.29 is 0 Å². The molecule has 4 rings (SSSR count). The highest BCUT2D eigenvalue weighted by Crippen LogP contribution is 2.44. The Bertz CT molecular complexity index is 806. The lowest BCUT2D eigenvalue weighted by atomic mass is 9.99. The Morgan fingerprint density at radius 1 is 0.952 bits per heavy atom. The summed E-state index contributed by atoms with van der Waals surface area (Å²) in [5.41, 5.74) is 9.15. The van der Waals surface area contributed by atoms with Crippen molar-refractivity contribution >= 4 is 28.0 Å². The Labute approximate surface area is 123 Å². The first-order valence-corrected chi connectivity index (χ1v) is 7.32. The standard InChI is InChI=1S/C18H17N3/c19-16-6-3-11-20-18(16)21-17-10-9-13(12-7-8-12)14-4-1-2-5-15(14)17/h1-6,9-12H,7-8,19H2,(H,20,21). The van der Waals surface area contributed by atoms with Gasteiger partial charge in [0.25, 0.3) is 0 Å². The molecule has 1 fully saturated rings. The summed E-state index contributed by atoms with van der Waals surface area (Å²) < 4.78 is 0. The van der Waals surface area contributed by atoms with Crippen LogP contribution in [0.25, 0.3) is 10.8 Å². The number of aromatic nitrogens is 1. The molecule has 1 heterocycles. The highest BCUT2D eigenvalue weighted by Gasteiger charge is 2.25. The van der Waals surface area contributed by atoms with Crippen LogP contribution < -0.4 is 11.1 Å². The van der Waals surface area contributed by atoms with E-state index >= 15 is 0 Å². The number of fused-ring (bicyclic) bond motifs is 1. The normalized spacial score (nSPS) is 14.3. The number of nitrogens with zero attached hydrogens (tertiary/aromatic N) is 1. The Morgan fingerprint density at radius 2 is 1.76 bits per heavy atom. The molecule has 0 bridgehead atoms. The third-order valence-corrected chi connectivity index (χ3v) is 4.07. The van der Waals surface area contributed by atoms with Crippen molar-refractivity contribution in [3.8, 4) is 0 Å². The number of hydrogen-bond acceptors (Lipinski definition) is 3. The van der Waals surface area contributed by atoms with Crippen LogP contribution in [0.3, 0.4) is 0 Å². The van der Waals surface area contributed by atoms with Crippen LogP contribution in [0.15, 0.2) is 54.7 Å². The van der Waals surface area contributed by atoms with Gasteiger partial charge in [0.1, 0.15) is 0 Å². The van der Waals surface area contributed by atoms with Crippen molar-refractivity contribution in [2.24, 2.45) is 0 Å². The van der Waals surface area contributed by atoms with Gasteiger partial charge in [-0.05, 0) is 47.9 Å². The molecular formula is C18H17N3. The van der Waals surface area contributed by atoms with E-state index < -0.39 is 0 Å². The van der Waals surface area contributed by atoms with Crippen LogP contribution in [0.5, 0.6) is 0 Å². The Kier molecular flexibility index (Phi) is 2.78. The van der Waals surface area contributed by atoms with Gasteiger partial charge in [0.05, 0.1) is 5.69 Å². The maximum Gasteiger partial charge on any atom is 0.153 e. The summed E-state index contributed by atoms with van der Waals surface area (Å²) in [6.07, 6.45) is 4.37. The summed E-state index contributed by atoms with van der Waals surface area (Å²) >= 11 is 0. The van der Waals surface area contributed by atoms with E-state index in [-0.39, 0.29) is 0 Å². The van der Waals surface area contributed by atoms with Crippen LogP contribution in [-0.2, 0) is 0 Å². The van der Waals surface area contributed by atoms with Crippen LogP contribution in [0.2, 0.25) is 0 Å². The van der Waals surface area contributed by atoms with E-state index in [1.165, 1.54) is 29.2 Å². The number of anilines is 3. The maximum absolute atomic E-state index is 5.98.